The summed E-state index contributed by atoms with van der Waals surface area (Å²) in [6.45, 7) is 4.70. The van der Waals surface area contributed by atoms with Gasteiger partial charge in [-0.3, -0.25) is 4.79 Å². The highest BCUT2D eigenvalue weighted by atomic mass is 16.5. The molecule has 0 bridgehead atoms. The molecule has 1 aromatic carbocycles. The third-order valence-electron chi connectivity index (χ3n) is 4.63. The molecule has 0 saturated carbocycles. The van der Waals surface area contributed by atoms with E-state index in [-0.39, 0.29) is 18.0 Å². The Morgan fingerprint density at radius 1 is 1.26 bits per heavy atom. The van der Waals surface area contributed by atoms with E-state index >= 15 is 0 Å². The maximum atomic E-state index is 12.5. The number of hydrogen-bond acceptors (Lipinski definition) is 3. The zero-order valence-corrected chi connectivity index (χ0v) is 14.1. The highest BCUT2D eigenvalue weighted by Gasteiger charge is 2.39. The van der Waals surface area contributed by atoms with Crippen molar-refractivity contribution in [3.8, 4) is 0 Å². The normalized spacial score (nSPS) is 23.6. The number of ether oxygens (including phenoxy) is 1. The van der Waals surface area contributed by atoms with E-state index < -0.39 is 6.09 Å². The molecule has 1 saturated heterocycles. The second-order valence-electron chi connectivity index (χ2n) is 6.17. The van der Waals surface area contributed by atoms with Crippen LogP contribution in [0.15, 0.2) is 30.3 Å². The van der Waals surface area contributed by atoms with Crippen LogP contribution in [0.2, 0.25) is 0 Å². The van der Waals surface area contributed by atoms with Crippen molar-refractivity contribution in [3.05, 3.63) is 35.9 Å². The van der Waals surface area contributed by atoms with Crippen LogP contribution in [0.4, 0.5) is 4.79 Å². The van der Waals surface area contributed by atoms with Gasteiger partial charge in [-0.1, -0.05) is 30.3 Å². The van der Waals surface area contributed by atoms with Gasteiger partial charge in [0.2, 0.25) is 5.91 Å². The molecule has 1 aliphatic heterocycles. The molecular formula is C18H26N2O3. The van der Waals surface area contributed by atoms with Gasteiger partial charge in [0, 0.05) is 31.0 Å². The number of likely N-dealkylation sites (tertiary alicyclic amines) is 1. The summed E-state index contributed by atoms with van der Waals surface area (Å²) < 4.78 is 4.51. The average Bonchev–Trinajstić information content (AvgIpc) is 2.86. The van der Waals surface area contributed by atoms with Crippen LogP contribution < -0.4 is 5.32 Å². The summed E-state index contributed by atoms with van der Waals surface area (Å²) in [5.41, 5.74) is 1.30. The van der Waals surface area contributed by atoms with Crippen molar-refractivity contribution in [3.63, 3.8) is 0 Å². The number of nitrogens with zero attached hydrogens (tertiary/aromatic N) is 1. The monoisotopic (exact) mass is 318 g/mol. The molecular weight excluding hydrogens is 292 g/mol. The van der Waals surface area contributed by atoms with Gasteiger partial charge in [0.1, 0.15) is 0 Å². The van der Waals surface area contributed by atoms with Crippen LogP contribution in [0.25, 0.3) is 0 Å². The van der Waals surface area contributed by atoms with Crippen LogP contribution in [0.5, 0.6) is 0 Å². The molecule has 0 radical (unpaired) electrons. The third kappa shape index (κ3) is 4.24. The first-order valence-electron chi connectivity index (χ1n) is 8.22. The van der Waals surface area contributed by atoms with E-state index in [2.05, 4.69) is 48.2 Å². The fourth-order valence-corrected chi connectivity index (χ4v) is 3.49. The molecule has 2 rings (SSSR count). The smallest absolute Gasteiger partial charge is 0.406 e. The van der Waals surface area contributed by atoms with Gasteiger partial charge in [0.15, 0.2) is 0 Å². The molecule has 0 spiro atoms. The highest BCUT2D eigenvalue weighted by molar-refractivity contribution is 5.77. The maximum Gasteiger partial charge on any atom is 0.406 e. The molecule has 0 aliphatic carbocycles. The van der Waals surface area contributed by atoms with Gasteiger partial charge >= 0.3 is 6.09 Å². The van der Waals surface area contributed by atoms with Crippen molar-refractivity contribution < 1.29 is 14.3 Å². The number of carbonyl (C=O) groups is 2. The first kappa shape index (κ1) is 17.3. The van der Waals surface area contributed by atoms with E-state index in [4.69, 9.17) is 0 Å². The van der Waals surface area contributed by atoms with Crippen LogP contribution in [0, 0.1) is 0 Å². The minimum atomic E-state index is -0.454. The minimum Gasteiger partial charge on any atom is -0.453 e. The Morgan fingerprint density at radius 2 is 1.96 bits per heavy atom. The van der Waals surface area contributed by atoms with Crippen LogP contribution in [0.3, 0.4) is 0 Å². The first-order valence-corrected chi connectivity index (χ1v) is 8.22. The van der Waals surface area contributed by atoms with Crippen molar-refractivity contribution in [2.24, 2.45) is 0 Å². The van der Waals surface area contributed by atoms with Crippen molar-refractivity contribution in [1.29, 1.82) is 0 Å². The summed E-state index contributed by atoms with van der Waals surface area (Å²) in [7, 11) is 1.33. The highest BCUT2D eigenvalue weighted by Crippen LogP contribution is 2.37. The summed E-state index contributed by atoms with van der Waals surface area (Å²) in [5, 5.41) is 2.60. The number of alkyl carbamates (subject to hydrolysis) is 1. The number of benzene rings is 1. The topological polar surface area (TPSA) is 58.6 Å². The molecule has 5 heteroatoms. The summed E-state index contributed by atoms with van der Waals surface area (Å²) in [6.07, 6.45) is 1.61. The van der Waals surface area contributed by atoms with E-state index in [1.807, 2.05) is 11.0 Å². The van der Waals surface area contributed by atoms with E-state index in [1.165, 1.54) is 12.7 Å². The molecule has 5 nitrogen and oxygen atoms in total. The largest absolute Gasteiger partial charge is 0.453 e. The molecule has 3 atom stereocenters. The number of nitrogens with one attached hydrogen (secondary N) is 1. The second-order valence-corrected chi connectivity index (χ2v) is 6.17. The Kier molecular flexibility index (Phi) is 6.02. The van der Waals surface area contributed by atoms with Crippen molar-refractivity contribution >= 4 is 12.0 Å². The molecule has 1 N–H and O–H groups in total. The van der Waals surface area contributed by atoms with Gasteiger partial charge in [0.05, 0.1) is 7.11 Å². The van der Waals surface area contributed by atoms with Crippen molar-refractivity contribution in [1.82, 2.24) is 10.2 Å². The summed E-state index contributed by atoms with van der Waals surface area (Å²) >= 11 is 0. The van der Waals surface area contributed by atoms with Gasteiger partial charge in [-0.2, -0.15) is 0 Å². The Balaban J connectivity index is 1.89. The molecule has 1 heterocycles. The molecule has 2 amide bonds. The standard InChI is InChI=1S/C18H26N2O3/c1-13-12-16(15-8-5-4-6-9-15)14(2)20(13)17(21)10-7-11-19-18(22)23-3/h4-6,8-9,13-14,16H,7,10-12H2,1-3H3,(H,19,22). The molecule has 126 valence electrons. The Hall–Kier alpha value is -2.04. The molecule has 0 aromatic heterocycles. The fraction of sp³-hybridized carbons (Fsp3) is 0.556. The van der Waals surface area contributed by atoms with Gasteiger partial charge in [-0.05, 0) is 32.3 Å². The predicted molar refractivity (Wildman–Crippen MR) is 89.2 cm³/mol. The van der Waals surface area contributed by atoms with E-state index in [9.17, 15) is 9.59 Å². The number of hydrogen-bond donors (Lipinski definition) is 1. The van der Waals surface area contributed by atoms with E-state index in [1.54, 1.807) is 0 Å². The Labute approximate surface area is 138 Å². The summed E-state index contributed by atoms with van der Waals surface area (Å²) in [5.74, 6) is 0.554. The first-order chi connectivity index (χ1) is 11.0. The minimum absolute atomic E-state index is 0.162. The zero-order valence-electron chi connectivity index (χ0n) is 14.1. The van der Waals surface area contributed by atoms with E-state index in [0.29, 0.717) is 25.3 Å². The third-order valence-corrected chi connectivity index (χ3v) is 4.63. The molecule has 23 heavy (non-hydrogen) atoms. The fourth-order valence-electron chi connectivity index (χ4n) is 3.49. The van der Waals surface area contributed by atoms with Crippen LogP contribution in [0.1, 0.15) is 44.6 Å². The number of rotatable bonds is 5. The van der Waals surface area contributed by atoms with Gasteiger partial charge < -0.3 is 15.0 Å². The average molecular weight is 318 g/mol. The zero-order chi connectivity index (χ0) is 16.8. The van der Waals surface area contributed by atoms with Crippen molar-refractivity contribution in [2.75, 3.05) is 13.7 Å². The number of amides is 2. The molecule has 1 fully saturated rings. The van der Waals surface area contributed by atoms with Gasteiger partial charge in [0.25, 0.3) is 0 Å². The van der Waals surface area contributed by atoms with Gasteiger partial charge in [-0.25, -0.2) is 4.79 Å². The van der Waals surface area contributed by atoms with Crippen LogP contribution >= 0.6 is 0 Å². The van der Waals surface area contributed by atoms with Gasteiger partial charge in [-0.15, -0.1) is 0 Å². The number of carbonyl (C=O) groups excluding carboxylic acids is 2. The molecule has 1 aromatic rings. The Bertz CT molecular complexity index is 532. The SMILES string of the molecule is COC(=O)NCCCC(=O)N1C(C)CC(c2ccccc2)C1C. The Morgan fingerprint density at radius 3 is 2.61 bits per heavy atom. The maximum absolute atomic E-state index is 12.5. The quantitative estimate of drug-likeness (QED) is 0.849. The summed E-state index contributed by atoms with van der Waals surface area (Å²) in [4.78, 5) is 25.5. The lowest BCUT2D eigenvalue weighted by molar-refractivity contribution is -0.133. The molecule has 1 aliphatic rings. The van der Waals surface area contributed by atoms with Crippen LogP contribution in [-0.4, -0.2) is 42.6 Å². The second kappa shape index (κ2) is 7.99. The lowest BCUT2D eigenvalue weighted by Crippen LogP contribution is -2.39. The van der Waals surface area contributed by atoms with Crippen LogP contribution in [-0.2, 0) is 9.53 Å². The lowest BCUT2D eigenvalue weighted by atomic mass is 9.92. The van der Waals surface area contributed by atoms with Crippen molar-refractivity contribution in [2.45, 2.75) is 51.1 Å². The number of methoxy groups -OCH3 is 1. The predicted octanol–water partition coefficient (Wildman–Crippen LogP) is 2.92. The summed E-state index contributed by atoms with van der Waals surface area (Å²) in [6, 6.07) is 10.9. The lowest BCUT2D eigenvalue weighted by Gasteiger charge is -2.28. The molecule has 3 unspecified atom stereocenters. The van der Waals surface area contributed by atoms with E-state index in [0.717, 1.165) is 6.42 Å².